The van der Waals surface area contributed by atoms with Crippen LogP contribution in [-0.2, 0) is 30.4 Å². The third-order valence-corrected chi connectivity index (χ3v) is 10.1. The lowest BCUT2D eigenvalue weighted by Crippen LogP contribution is -2.16. The van der Waals surface area contributed by atoms with Crippen molar-refractivity contribution in [1.82, 2.24) is 0 Å². The first-order chi connectivity index (χ1) is 25.4. The number of ether oxygens (including phenoxy) is 1. The molecule has 6 heteroatoms. The third kappa shape index (κ3) is 9.55. The molecule has 0 bridgehead atoms. The molecule has 6 aromatic rings. The molecular weight excluding hydrogens is 649 g/mol. The molecule has 0 saturated heterocycles. The van der Waals surface area contributed by atoms with Gasteiger partial charge in [0, 0.05) is 10.8 Å². The Morgan fingerprint density at radius 2 is 0.962 bits per heavy atom. The molecule has 0 unspecified atom stereocenters. The van der Waals surface area contributed by atoms with E-state index >= 15 is 0 Å². The van der Waals surface area contributed by atoms with Gasteiger partial charge in [0.1, 0.15) is 18.0 Å². The molecule has 0 atom stereocenters. The molecule has 0 aliphatic heterocycles. The maximum atomic E-state index is 13.0. The summed E-state index contributed by atoms with van der Waals surface area (Å²) in [5.41, 5.74) is 7.89. The third-order valence-electron chi connectivity index (χ3n) is 10.1. The normalized spacial score (nSPS) is 11.6. The Balaban J connectivity index is 1.07. The van der Waals surface area contributed by atoms with Crippen LogP contribution < -0.4 is 11.3 Å². The molecule has 0 radical (unpaired) electrons. The van der Waals surface area contributed by atoms with Crippen LogP contribution in [0, 0.1) is 0 Å². The molecule has 2 heterocycles. The quantitative estimate of drug-likeness (QED) is 0.0546. The van der Waals surface area contributed by atoms with Crippen molar-refractivity contribution in [3.05, 3.63) is 140 Å². The fourth-order valence-electron chi connectivity index (χ4n) is 6.96. The van der Waals surface area contributed by atoms with Crippen molar-refractivity contribution < 1.29 is 18.7 Å². The zero-order chi connectivity index (χ0) is 36.3. The van der Waals surface area contributed by atoms with Crippen molar-refractivity contribution in [3.8, 4) is 22.3 Å². The first-order valence-electron chi connectivity index (χ1n) is 19.0. The first-order valence-corrected chi connectivity index (χ1v) is 19.0. The largest absolute Gasteiger partial charge is 0.422 e. The number of fused-ring (bicyclic) bond motifs is 2. The number of unbranched alkanes of at least 4 members (excludes halogenated alkanes) is 4. The Morgan fingerprint density at radius 1 is 0.538 bits per heavy atom. The van der Waals surface area contributed by atoms with E-state index in [-0.39, 0.29) is 24.1 Å². The molecule has 0 amide bonds. The van der Waals surface area contributed by atoms with E-state index in [1.807, 2.05) is 60.7 Å². The Labute approximate surface area is 306 Å². The topological polar surface area (TPSA) is 89.9 Å². The second kappa shape index (κ2) is 18.1. The highest BCUT2D eigenvalue weighted by atomic mass is 16.6. The van der Waals surface area contributed by atoms with Gasteiger partial charge in [0.25, 0.3) is 0 Å². The Morgan fingerprint density at radius 3 is 1.37 bits per heavy atom. The van der Waals surface area contributed by atoms with Gasteiger partial charge in [-0.15, -0.1) is 0 Å². The lowest BCUT2D eigenvalue weighted by atomic mass is 9.98. The summed E-state index contributed by atoms with van der Waals surface area (Å²) in [6, 6.07) is 32.2. The molecule has 6 rings (SSSR count). The SMILES string of the molecule is CCCCCc1ccc(-c2cc3ccc(CCC(CCc4ccc5cc(-c6ccc(CCCCC)cc6)c(=O)oc5c4)OCO)cc3oc2=O)cc1. The Bertz CT molecular complexity index is 2020. The van der Waals surface area contributed by atoms with Crippen LogP contribution >= 0.6 is 0 Å². The van der Waals surface area contributed by atoms with Crippen molar-refractivity contribution in [1.29, 1.82) is 0 Å². The van der Waals surface area contributed by atoms with Crippen molar-refractivity contribution >= 4 is 21.9 Å². The summed E-state index contributed by atoms with van der Waals surface area (Å²) in [4.78, 5) is 26.0. The lowest BCUT2D eigenvalue weighted by molar-refractivity contribution is -0.0553. The molecule has 0 saturated carbocycles. The number of benzene rings is 4. The van der Waals surface area contributed by atoms with E-state index in [1.165, 1.54) is 49.7 Å². The fourth-order valence-corrected chi connectivity index (χ4v) is 6.96. The minimum atomic E-state index is -0.366. The molecule has 270 valence electrons. The predicted molar refractivity (Wildman–Crippen MR) is 211 cm³/mol. The van der Waals surface area contributed by atoms with Gasteiger partial charge in [-0.2, -0.15) is 0 Å². The zero-order valence-corrected chi connectivity index (χ0v) is 30.5. The van der Waals surface area contributed by atoms with Gasteiger partial charge in [-0.1, -0.05) is 112 Å². The highest BCUT2D eigenvalue weighted by molar-refractivity contribution is 5.83. The summed E-state index contributed by atoms with van der Waals surface area (Å²) in [5.74, 6) is 0. The van der Waals surface area contributed by atoms with E-state index in [0.29, 0.717) is 48.0 Å². The second-order valence-electron chi connectivity index (χ2n) is 13.9. The number of hydrogen-bond acceptors (Lipinski definition) is 6. The van der Waals surface area contributed by atoms with Crippen molar-refractivity contribution in [3.63, 3.8) is 0 Å². The summed E-state index contributed by atoms with van der Waals surface area (Å²) in [5, 5.41) is 11.4. The van der Waals surface area contributed by atoms with Crippen molar-refractivity contribution in [2.24, 2.45) is 0 Å². The Hall–Kier alpha value is -4.78. The van der Waals surface area contributed by atoms with E-state index in [4.69, 9.17) is 13.6 Å². The number of hydrogen-bond donors (Lipinski definition) is 1. The van der Waals surface area contributed by atoms with Gasteiger partial charge in [-0.3, -0.25) is 0 Å². The Kier molecular flexibility index (Phi) is 12.9. The highest BCUT2D eigenvalue weighted by Crippen LogP contribution is 2.26. The van der Waals surface area contributed by atoms with E-state index < -0.39 is 0 Å². The minimum absolute atomic E-state index is 0.185. The van der Waals surface area contributed by atoms with Crippen LogP contribution in [0.1, 0.15) is 87.5 Å². The standard InChI is InChI=1S/C46H50O6/c1-3-5-7-9-32-11-19-36(20-12-32)41-29-38-23-15-34(27-43(38)51-45(41)48)17-25-40(50-31-47)26-18-35-16-24-39-30-42(46(49)52-44(39)28-35)37-21-13-33(14-22-37)10-8-6-4-2/h11-16,19-24,27-30,40,47H,3-10,17-18,25-26,31H2,1-2H3. The van der Waals surface area contributed by atoms with E-state index in [0.717, 1.165) is 45.9 Å². The van der Waals surface area contributed by atoms with Crippen LogP contribution in [0.15, 0.2) is 115 Å². The molecular formula is C46H50O6. The van der Waals surface area contributed by atoms with Crippen LogP contribution in [0.5, 0.6) is 0 Å². The van der Waals surface area contributed by atoms with Gasteiger partial charge >= 0.3 is 11.3 Å². The van der Waals surface area contributed by atoms with Crippen molar-refractivity contribution in [2.45, 2.75) is 97.0 Å². The number of aliphatic hydroxyl groups is 1. The second-order valence-corrected chi connectivity index (χ2v) is 13.9. The molecule has 4 aromatic carbocycles. The van der Waals surface area contributed by atoms with Gasteiger partial charge in [0.05, 0.1) is 17.2 Å². The summed E-state index contributed by atoms with van der Waals surface area (Å²) in [6.45, 7) is 4.04. The first kappa shape index (κ1) is 37.0. The summed E-state index contributed by atoms with van der Waals surface area (Å²) < 4.78 is 17.3. The van der Waals surface area contributed by atoms with E-state index in [9.17, 15) is 14.7 Å². The number of aryl methyl sites for hydroxylation is 4. The van der Waals surface area contributed by atoms with Gasteiger partial charge in [0.2, 0.25) is 0 Å². The van der Waals surface area contributed by atoms with Gasteiger partial charge in [0.15, 0.2) is 0 Å². The van der Waals surface area contributed by atoms with Gasteiger partial charge in [-0.05, 0) is 109 Å². The smallest absolute Gasteiger partial charge is 0.344 e. The molecule has 52 heavy (non-hydrogen) atoms. The molecule has 0 spiro atoms. The molecule has 0 aliphatic rings. The van der Waals surface area contributed by atoms with Crippen LogP contribution in [0.3, 0.4) is 0 Å². The van der Waals surface area contributed by atoms with Gasteiger partial charge in [-0.25, -0.2) is 9.59 Å². The van der Waals surface area contributed by atoms with Gasteiger partial charge < -0.3 is 18.7 Å². The molecule has 6 nitrogen and oxygen atoms in total. The van der Waals surface area contributed by atoms with E-state index in [2.05, 4.69) is 50.2 Å². The maximum absolute atomic E-state index is 13.0. The lowest BCUT2D eigenvalue weighted by Gasteiger charge is -2.17. The average molecular weight is 699 g/mol. The average Bonchev–Trinajstić information content (AvgIpc) is 3.16. The fraction of sp³-hybridized carbons (Fsp3) is 0.348. The maximum Gasteiger partial charge on any atom is 0.344 e. The number of rotatable bonds is 18. The van der Waals surface area contributed by atoms with Crippen molar-refractivity contribution in [2.75, 3.05) is 6.79 Å². The van der Waals surface area contributed by atoms with E-state index in [1.54, 1.807) is 0 Å². The summed E-state index contributed by atoms with van der Waals surface area (Å²) in [7, 11) is 0. The molecule has 2 aromatic heterocycles. The van der Waals surface area contributed by atoms with Crippen LogP contribution in [-0.4, -0.2) is 18.0 Å². The van der Waals surface area contributed by atoms with Crippen LogP contribution in [0.2, 0.25) is 0 Å². The zero-order valence-electron chi connectivity index (χ0n) is 30.5. The summed E-state index contributed by atoms with van der Waals surface area (Å²) in [6.07, 6.45) is 11.8. The molecule has 1 N–H and O–H groups in total. The highest BCUT2D eigenvalue weighted by Gasteiger charge is 2.14. The monoisotopic (exact) mass is 698 g/mol. The van der Waals surface area contributed by atoms with Crippen LogP contribution in [0.25, 0.3) is 44.2 Å². The predicted octanol–water partition coefficient (Wildman–Crippen LogP) is 10.6. The summed E-state index contributed by atoms with van der Waals surface area (Å²) >= 11 is 0. The number of aliphatic hydroxyl groups excluding tert-OH is 1. The minimum Gasteiger partial charge on any atom is -0.422 e. The van der Waals surface area contributed by atoms with Crippen LogP contribution in [0.4, 0.5) is 0 Å². The molecule has 0 fully saturated rings. The molecule has 0 aliphatic carbocycles.